The molecule has 2 aromatic rings. The van der Waals surface area contributed by atoms with E-state index in [1.165, 1.54) is 0 Å². The Labute approximate surface area is 88.9 Å². The molecule has 0 aliphatic rings. The van der Waals surface area contributed by atoms with Crippen molar-refractivity contribution in [2.45, 2.75) is 19.4 Å². The largest absolute Gasteiger partial charge is 0.323 e. The summed E-state index contributed by atoms with van der Waals surface area (Å²) in [7, 11) is 0. The fourth-order valence-corrected chi connectivity index (χ4v) is 1.56. The number of aromatic nitrogens is 2. The molecule has 15 heavy (non-hydrogen) atoms. The first-order valence-corrected chi connectivity index (χ1v) is 4.90. The fourth-order valence-electron chi connectivity index (χ4n) is 1.56. The molecule has 3 heteroatoms. The molecule has 76 valence electrons. The number of hydrogen-bond acceptors (Lipinski definition) is 2. The third-order valence-corrected chi connectivity index (χ3v) is 2.35. The zero-order valence-electron chi connectivity index (χ0n) is 8.64. The molecule has 0 aromatic carbocycles. The van der Waals surface area contributed by atoms with Crippen molar-refractivity contribution in [3.05, 3.63) is 36.2 Å². The zero-order chi connectivity index (χ0) is 10.7. The van der Waals surface area contributed by atoms with E-state index in [0.29, 0.717) is 6.42 Å². The van der Waals surface area contributed by atoms with Crippen molar-refractivity contribution in [2.24, 2.45) is 5.73 Å². The van der Waals surface area contributed by atoms with Crippen LogP contribution in [0.1, 0.15) is 24.9 Å². The summed E-state index contributed by atoms with van der Waals surface area (Å²) in [4.78, 5) is 0. The summed E-state index contributed by atoms with van der Waals surface area (Å²) in [6.07, 6.45) is 4.40. The summed E-state index contributed by atoms with van der Waals surface area (Å²) in [5, 5.41) is 4.24. The van der Waals surface area contributed by atoms with Gasteiger partial charge in [0.2, 0.25) is 0 Å². The van der Waals surface area contributed by atoms with Gasteiger partial charge in [0, 0.05) is 24.2 Å². The highest BCUT2D eigenvalue weighted by molar-refractivity contribution is 5.54. The Morgan fingerprint density at radius 2 is 2.40 bits per heavy atom. The molecule has 0 amide bonds. The van der Waals surface area contributed by atoms with Crippen molar-refractivity contribution in [3.8, 4) is 11.8 Å². The lowest BCUT2D eigenvalue weighted by Gasteiger charge is -2.05. The predicted molar refractivity (Wildman–Crippen MR) is 60.2 cm³/mol. The molecule has 1 atom stereocenters. The quantitative estimate of drug-likeness (QED) is 0.749. The number of rotatable bonds is 2. The summed E-state index contributed by atoms with van der Waals surface area (Å²) in [6, 6.07) is 5.89. The minimum atomic E-state index is -0.0580. The Kier molecular flexibility index (Phi) is 2.70. The number of nitrogens with zero attached hydrogens (tertiary/aromatic N) is 2. The van der Waals surface area contributed by atoms with Crippen LogP contribution >= 0.6 is 0 Å². The maximum atomic E-state index is 6.04. The lowest BCUT2D eigenvalue weighted by atomic mass is 10.1. The normalized spacial score (nSPS) is 12.1. The Balaban J connectivity index is 2.37. The molecule has 0 bridgehead atoms. The van der Waals surface area contributed by atoms with E-state index in [1.54, 1.807) is 0 Å². The van der Waals surface area contributed by atoms with Gasteiger partial charge in [-0.3, -0.25) is 0 Å². The molecule has 2 heterocycles. The summed E-state index contributed by atoms with van der Waals surface area (Å²) in [6.45, 7) is 1.82. The Morgan fingerprint density at radius 1 is 1.53 bits per heavy atom. The monoisotopic (exact) mass is 199 g/mol. The van der Waals surface area contributed by atoms with Gasteiger partial charge in [0.05, 0.1) is 11.7 Å². The van der Waals surface area contributed by atoms with Gasteiger partial charge in [-0.05, 0) is 19.1 Å². The van der Waals surface area contributed by atoms with Crippen LogP contribution in [0, 0.1) is 11.8 Å². The molecule has 0 aliphatic heterocycles. The van der Waals surface area contributed by atoms with Crippen molar-refractivity contribution in [2.75, 3.05) is 0 Å². The van der Waals surface area contributed by atoms with Gasteiger partial charge in [-0.15, -0.1) is 11.8 Å². The van der Waals surface area contributed by atoms with E-state index in [9.17, 15) is 0 Å². The summed E-state index contributed by atoms with van der Waals surface area (Å²) >= 11 is 0. The SMILES string of the molecule is CC#CCC(N)c1cnn2ccccc12. The van der Waals surface area contributed by atoms with Crippen molar-refractivity contribution in [3.63, 3.8) is 0 Å². The maximum Gasteiger partial charge on any atom is 0.0709 e. The van der Waals surface area contributed by atoms with Gasteiger partial charge in [-0.25, -0.2) is 4.52 Å². The molecular weight excluding hydrogens is 186 g/mol. The maximum absolute atomic E-state index is 6.04. The number of nitrogens with two attached hydrogens (primary N) is 1. The molecule has 2 N–H and O–H groups in total. The van der Waals surface area contributed by atoms with Gasteiger partial charge in [-0.1, -0.05) is 6.07 Å². The minimum Gasteiger partial charge on any atom is -0.323 e. The van der Waals surface area contributed by atoms with Gasteiger partial charge in [0.15, 0.2) is 0 Å². The van der Waals surface area contributed by atoms with Crippen LogP contribution in [-0.2, 0) is 0 Å². The third-order valence-electron chi connectivity index (χ3n) is 2.35. The molecular formula is C12H13N3. The van der Waals surface area contributed by atoms with Crippen LogP contribution in [0.2, 0.25) is 0 Å². The molecule has 3 nitrogen and oxygen atoms in total. The summed E-state index contributed by atoms with van der Waals surface area (Å²) < 4.78 is 1.83. The molecule has 0 saturated carbocycles. The summed E-state index contributed by atoms with van der Waals surface area (Å²) in [5.74, 6) is 5.84. The highest BCUT2D eigenvalue weighted by atomic mass is 15.2. The van der Waals surface area contributed by atoms with Crippen molar-refractivity contribution < 1.29 is 0 Å². The minimum absolute atomic E-state index is 0.0580. The van der Waals surface area contributed by atoms with Gasteiger partial charge in [0.1, 0.15) is 0 Å². The number of fused-ring (bicyclic) bond motifs is 1. The van der Waals surface area contributed by atoms with Gasteiger partial charge >= 0.3 is 0 Å². The second-order valence-electron chi connectivity index (χ2n) is 3.37. The van der Waals surface area contributed by atoms with Crippen LogP contribution in [-0.4, -0.2) is 9.61 Å². The van der Waals surface area contributed by atoms with E-state index < -0.39 is 0 Å². The van der Waals surface area contributed by atoms with Crippen molar-refractivity contribution >= 4 is 5.52 Å². The standard InChI is InChI=1S/C12H13N3/c1-2-3-6-11(13)10-9-14-15-8-5-4-7-12(10)15/h4-5,7-9,11H,6,13H2,1H3. The lowest BCUT2D eigenvalue weighted by Crippen LogP contribution is -2.08. The van der Waals surface area contributed by atoms with E-state index in [1.807, 2.05) is 42.0 Å². The highest BCUT2D eigenvalue weighted by Gasteiger charge is 2.10. The average Bonchev–Trinajstić information content (AvgIpc) is 2.69. The van der Waals surface area contributed by atoms with Gasteiger partial charge in [0.25, 0.3) is 0 Å². The second-order valence-corrected chi connectivity index (χ2v) is 3.37. The van der Waals surface area contributed by atoms with Gasteiger partial charge in [-0.2, -0.15) is 5.10 Å². The smallest absolute Gasteiger partial charge is 0.0709 e. The molecule has 0 fully saturated rings. The van der Waals surface area contributed by atoms with E-state index in [-0.39, 0.29) is 6.04 Å². The third kappa shape index (κ3) is 1.85. The van der Waals surface area contributed by atoms with Crippen LogP contribution < -0.4 is 5.73 Å². The van der Waals surface area contributed by atoms with E-state index in [4.69, 9.17) is 5.73 Å². The molecule has 1 unspecified atom stereocenters. The first-order valence-electron chi connectivity index (χ1n) is 4.90. The Hall–Kier alpha value is -1.79. The second kappa shape index (κ2) is 4.16. The van der Waals surface area contributed by atoms with E-state index in [2.05, 4.69) is 16.9 Å². The molecule has 0 saturated heterocycles. The van der Waals surface area contributed by atoms with Crippen LogP contribution in [0.25, 0.3) is 5.52 Å². The summed E-state index contributed by atoms with van der Waals surface area (Å²) in [5.41, 5.74) is 8.15. The van der Waals surface area contributed by atoms with Gasteiger partial charge < -0.3 is 5.73 Å². The first-order chi connectivity index (χ1) is 7.33. The van der Waals surface area contributed by atoms with Crippen LogP contribution in [0.4, 0.5) is 0 Å². The van der Waals surface area contributed by atoms with E-state index >= 15 is 0 Å². The molecule has 0 spiro atoms. The van der Waals surface area contributed by atoms with Crippen molar-refractivity contribution in [1.29, 1.82) is 0 Å². The van der Waals surface area contributed by atoms with Crippen LogP contribution in [0.15, 0.2) is 30.6 Å². The molecule has 2 aromatic heterocycles. The lowest BCUT2D eigenvalue weighted by molar-refractivity contribution is 0.760. The Morgan fingerprint density at radius 3 is 3.20 bits per heavy atom. The molecule has 0 aliphatic carbocycles. The highest BCUT2D eigenvalue weighted by Crippen LogP contribution is 2.18. The topological polar surface area (TPSA) is 43.3 Å². The van der Waals surface area contributed by atoms with E-state index in [0.717, 1.165) is 11.1 Å². The Bertz CT molecular complexity index is 516. The number of pyridine rings is 1. The molecule has 0 radical (unpaired) electrons. The van der Waals surface area contributed by atoms with Crippen molar-refractivity contribution in [1.82, 2.24) is 9.61 Å². The molecule has 2 rings (SSSR count). The zero-order valence-corrected chi connectivity index (χ0v) is 8.64. The van der Waals surface area contributed by atoms with Crippen LogP contribution in [0.5, 0.6) is 0 Å². The fraction of sp³-hybridized carbons (Fsp3) is 0.250. The van der Waals surface area contributed by atoms with Crippen LogP contribution in [0.3, 0.4) is 0 Å². The predicted octanol–water partition coefficient (Wildman–Crippen LogP) is 1.75. The number of hydrogen-bond donors (Lipinski definition) is 1. The first kappa shape index (κ1) is 9.75. The average molecular weight is 199 g/mol.